The van der Waals surface area contributed by atoms with E-state index in [2.05, 4.69) is 13.2 Å². The SMILES string of the molecule is C=CCCOC(=O)[C@H]1[C@H]2C(=O)N([C@@H](CO)Cc3ccccc3)C(C(=O)N(CC=C)C(C)C)C23CC[C@]1(C)O3. The fourth-order valence-electron chi connectivity index (χ4n) is 6.72. The maximum Gasteiger partial charge on any atom is 0.312 e. The van der Waals surface area contributed by atoms with Crippen LogP contribution in [0.2, 0.25) is 0 Å². The highest BCUT2D eigenvalue weighted by molar-refractivity contribution is 5.98. The third-order valence-electron chi connectivity index (χ3n) is 8.42. The number of hydrogen-bond donors (Lipinski definition) is 1. The normalized spacial score (nSPS) is 30.3. The number of benzene rings is 1. The number of amides is 2. The number of ether oxygens (including phenoxy) is 2. The number of likely N-dealkylation sites (tertiary alicyclic amines) is 1. The summed E-state index contributed by atoms with van der Waals surface area (Å²) in [4.78, 5) is 45.2. The molecule has 8 heteroatoms. The average molecular weight is 525 g/mol. The Balaban J connectivity index is 1.79. The number of hydrogen-bond acceptors (Lipinski definition) is 6. The Bertz CT molecular complexity index is 1070. The molecule has 0 aromatic heterocycles. The number of esters is 1. The van der Waals surface area contributed by atoms with Crippen molar-refractivity contribution in [2.24, 2.45) is 11.8 Å². The summed E-state index contributed by atoms with van der Waals surface area (Å²) in [5.41, 5.74) is -1.15. The molecular formula is C30H40N2O6. The molecule has 2 bridgehead atoms. The Morgan fingerprint density at radius 1 is 1.24 bits per heavy atom. The lowest BCUT2D eigenvalue weighted by atomic mass is 9.66. The summed E-state index contributed by atoms with van der Waals surface area (Å²) in [6, 6.07) is 7.78. The predicted octanol–water partition coefficient (Wildman–Crippen LogP) is 2.90. The number of aliphatic hydroxyl groups excluding tert-OH is 1. The van der Waals surface area contributed by atoms with Crippen LogP contribution in [-0.2, 0) is 30.3 Å². The Kier molecular flexibility index (Phi) is 8.14. The summed E-state index contributed by atoms with van der Waals surface area (Å²) in [5, 5.41) is 10.5. The van der Waals surface area contributed by atoms with Crippen LogP contribution in [0.15, 0.2) is 55.6 Å². The molecule has 1 spiro atoms. The van der Waals surface area contributed by atoms with Crippen LogP contribution < -0.4 is 0 Å². The third kappa shape index (κ3) is 4.58. The molecule has 3 fully saturated rings. The second-order valence-electron chi connectivity index (χ2n) is 11.1. The Labute approximate surface area is 225 Å². The average Bonchev–Trinajstić information content (AvgIpc) is 3.46. The molecule has 6 atom stereocenters. The van der Waals surface area contributed by atoms with E-state index < -0.39 is 41.1 Å². The second kappa shape index (κ2) is 11.0. The highest BCUT2D eigenvalue weighted by atomic mass is 16.6. The number of nitrogens with zero attached hydrogens (tertiary/aromatic N) is 2. The highest BCUT2D eigenvalue weighted by Crippen LogP contribution is 2.63. The summed E-state index contributed by atoms with van der Waals surface area (Å²) in [5.74, 6) is -2.79. The molecule has 2 amide bonds. The summed E-state index contributed by atoms with van der Waals surface area (Å²) >= 11 is 0. The monoisotopic (exact) mass is 524 g/mol. The first kappa shape index (κ1) is 28.0. The number of carbonyl (C=O) groups is 3. The van der Waals surface area contributed by atoms with Crippen LogP contribution in [0.1, 0.15) is 45.6 Å². The minimum atomic E-state index is -1.18. The summed E-state index contributed by atoms with van der Waals surface area (Å²) in [6.45, 7) is 13.3. The standard InChI is InChI=1S/C30H40N2O6/c1-6-8-17-37-28(36)24-23-26(34)32(22(19-33)18-21-12-10-9-11-13-21)25(27(35)31(16-7-2)20(3)4)30(23)15-14-29(24,5)38-30/h6-7,9-13,20,22-25,33H,1-2,8,14-19H2,3-5H3/t22-,23+,24-,25?,29+,30?/m1/s1. The molecule has 3 aliphatic heterocycles. The van der Waals surface area contributed by atoms with Crippen LogP contribution in [0.4, 0.5) is 0 Å². The number of carbonyl (C=O) groups excluding carboxylic acids is 3. The third-order valence-corrected chi connectivity index (χ3v) is 8.42. The van der Waals surface area contributed by atoms with Crippen LogP contribution >= 0.6 is 0 Å². The number of fused-ring (bicyclic) bond motifs is 1. The van der Waals surface area contributed by atoms with E-state index in [-0.39, 0.29) is 31.1 Å². The van der Waals surface area contributed by atoms with Crippen molar-refractivity contribution in [1.29, 1.82) is 0 Å². The molecule has 38 heavy (non-hydrogen) atoms. The molecule has 2 unspecified atom stereocenters. The van der Waals surface area contributed by atoms with Crippen molar-refractivity contribution >= 4 is 17.8 Å². The first-order valence-corrected chi connectivity index (χ1v) is 13.5. The zero-order valence-electron chi connectivity index (χ0n) is 22.7. The molecule has 3 saturated heterocycles. The lowest BCUT2D eigenvalue weighted by molar-refractivity contribution is -0.162. The van der Waals surface area contributed by atoms with Crippen molar-refractivity contribution in [1.82, 2.24) is 9.80 Å². The van der Waals surface area contributed by atoms with Crippen LogP contribution in [0.5, 0.6) is 0 Å². The van der Waals surface area contributed by atoms with Gasteiger partial charge in [0.25, 0.3) is 0 Å². The van der Waals surface area contributed by atoms with E-state index in [1.54, 1.807) is 17.1 Å². The summed E-state index contributed by atoms with van der Waals surface area (Å²) in [7, 11) is 0. The molecule has 0 saturated carbocycles. The van der Waals surface area contributed by atoms with Gasteiger partial charge in [-0.05, 0) is 52.0 Å². The van der Waals surface area contributed by atoms with Gasteiger partial charge in [-0.3, -0.25) is 14.4 Å². The lowest BCUT2D eigenvalue weighted by Gasteiger charge is -2.40. The molecule has 4 rings (SSSR count). The smallest absolute Gasteiger partial charge is 0.312 e. The van der Waals surface area contributed by atoms with Gasteiger partial charge in [0.2, 0.25) is 11.8 Å². The number of aliphatic hydroxyl groups is 1. The van der Waals surface area contributed by atoms with E-state index in [1.807, 2.05) is 51.1 Å². The van der Waals surface area contributed by atoms with Crippen LogP contribution in [0.25, 0.3) is 0 Å². The predicted molar refractivity (Wildman–Crippen MR) is 143 cm³/mol. The molecule has 0 radical (unpaired) electrons. The zero-order chi connectivity index (χ0) is 27.7. The molecule has 1 aromatic carbocycles. The maximum atomic E-state index is 14.3. The van der Waals surface area contributed by atoms with Gasteiger partial charge < -0.3 is 24.4 Å². The quantitative estimate of drug-likeness (QED) is 0.257. The van der Waals surface area contributed by atoms with Gasteiger partial charge >= 0.3 is 5.97 Å². The molecule has 1 N–H and O–H groups in total. The molecule has 8 nitrogen and oxygen atoms in total. The van der Waals surface area contributed by atoms with Gasteiger partial charge in [-0.1, -0.05) is 42.5 Å². The van der Waals surface area contributed by atoms with Crippen LogP contribution in [0, 0.1) is 11.8 Å². The highest BCUT2D eigenvalue weighted by Gasteiger charge is 2.79. The largest absolute Gasteiger partial charge is 0.465 e. The minimum absolute atomic E-state index is 0.150. The first-order chi connectivity index (χ1) is 18.1. The van der Waals surface area contributed by atoms with Crippen LogP contribution in [-0.4, -0.2) is 81.8 Å². The maximum absolute atomic E-state index is 14.3. The van der Waals surface area contributed by atoms with E-state index in [0.29, 0.717) is 32.2 Å². The molecular weight excluding hydrogens is 484 g/mol. The van der Waals surface area contributed by atoms with Gasteiger partial charge in [0.05, 0.1) is 30.8 Å². The van der Waals surface area contributed by atoms with Crippen molar-refractivity contribution in [2.75, 3.05) is 19.8 Å². The van der Waals surface area contributed by atoms with Gasteiger partial charge in [-0.2, -0.15) is 0 Å². The summed E-state index contributed by atoms with van der Waals surface area (Å²) in [6.07, 6.45) is 5.19. The fraction of sp³-hybridized carbons (Fsp3) is 0.567. The van der Waals surface area contributed by atoms with E-state index in [9.17, 15) is 19.5 Å². The van der Waals surface area contributed by atoms with Gasteiger partial charge in [-0.15, -0.1) is 13.2 Å². The van der Waals surface area contributed by atoms with Gasteiger partial charge in [-0.25, -0.2) is 0 Å². The molecule has 3 heterocycles. The van der Waals surface area contributed by atoms with Crippen molar-refractivity contribution in [3.05, 3.63) is 61.2 Å². The lowest BCUT2D eigenvalue weighted by Crippen LogP contribution is -2.60. The van der Waals surface area contributed by atoms with Crippen molar-refractivity contribution in [3.63, 3.8) is 0 Å². The topological polar surface area (TPSA) is 96.4 Å². The van der Waals surface area contributed by atoms with Crippen molar-refractivity contribution in [3.8, 4) is 0 Å². The first-order valence-electron chi connectivity index (χ1n) is 13.5. The molecule has 3 aliphatic rings. The van der Waals surface area contributed by atoms with Crippen LogP contribution in [0.3, 0.4) is 0 Å². The fourth-order valence-corrected chi connectivity index (χ4v) is 6.72. The van der Waals surface area contributed by atoms with E-state index in [4.69, 9.17) is 9.47 Å². The Hall–Kier alpha value is -2.97. The Morgan fingerprint density at radius 2 is 1.95 bits per heavy atom. The minimum Gasteiger partial charge on any atom is -0.465 e. The number of rotatable bonds is 12. The zero-order valence-corrected chi connectivity index (χ0v) is 22.7. The molecule has 1 aromatic rings. The molecule has 0 aliphatic carbocycles. The van der Waals surface area contributed by atoms with Gasteiger partial charge in [0.15, 0.2) is 0 Å². The van der Waals surface area contributed by atoms with Gasteiger partial charge in [0.1, 0.15) is 17.6 Å². The summed E-state index contributed by atoms with van der Waals surface area (Å²) < 4.78 is 12.2. The second-order valence-corrected chi connectivity index (χ2v) is 11.1. The van der Waals surface area contributed by atoms with E-state index >= 15 is 0 Å². The van der Waals surface area contributed by atoms with E-state index in [1.165, 1.54) is 4.90 Å². The Morgan fingerprint density at radius 3 is 2.55 bits per heavy atom. The van der Waals surface area contributed by atoms with Crippen molar-refractivity contribution in [2.45, 2.75) is 75.8 Å². The molecule has 206 valence electrons. The van der Waals surface area contributed by atoms with Crippen molar-refractivity contribution < 1.29 is 29.0 Å². The van der Waals surface area contributed by atoms with Gasteiger partial charge in [0, 0.05) is 12.6 Å². The van der Waals surface area contributed by atoms with E-state index in [0.717, 1.165) is 5.56 Å².